The minimum atomic E-state index is -4.68. The summed E-state index contributed by atoms with van der Waals surface area (Å²) in [4.78, 5) is 14.0. The van der Waals surface area contributed by atoms with Crippen molar-refractivity contribution >= 4 is 21.8 Å². The quantitative estimate of drug-likeness (QED) is 0.202. The summed E-state index contributed by atoms with van der Waals surface area (Å²) in [6.07, 6.45) is -3.30. The Hall–Kier alpha value is -4.32. The van der Waals surface area contributed by atoms with Crippen molar-refractivity contribution in [2.24, 2.45) is 0 Å². The maximum absolute atomic E-state index is 13.4. The smallest absolute Gasteiger partial charge is 0.418 e. The molecule has 38 heavy (non-hydrogen) atoms. The summed E-state index contributed by atoms with van der Waals surface area (Å²) < 4.78 is 89.0. The first kappa shape index (κ1) is 26.7. The van der Waals surface area contributed by atoms with Crippen LogP contribution in [0.4, 0.5) is 28.0 Å². The summed E-state index contributed by atoms with van der Waals surface area (Å²) in [7, 11) is -4.27. The number of carbonyl (C=O) groups excluding carboxylic acids is 1. The molecular formula is C26H20F4N2O5S. The first-order valence-corrected chi connectivity index (χ1v) is 12.5. The van der Waals surface area contributed by atoms with E-state index in [9.17, 15) is 30.8 Å². The summed E-state index contributed by atoms with van der Waals surface area (Å²) in [5.74, 6) is -0.318. The van der Waals surface area contributed by atoms with Gasteiger partial charge in [-0.25, -0.2) is 9.18 Å². The van der Waals surface area contributed by atoms with Crippen molar-refractivity contribution in [2.45, 2.75) is 24.2 Å². The van der Waals surface area contributed by atoms with Gasteiger partial charge in [0.05, 0.1) is 24.1 Å². The fourth-order valence-electron chi connectivity index (χ4n) is 3.52. The van der Waals surface area contributed by atoms with Crippen LogP contribution in [0.15, 0.2) is 101 Å². The van der Waals surface area contributed by atoms with Crippen LogP contribution < -0.4 is 9.50 Å². The summed E-state index contributed by atoms with van der Waals surface area (Å²) >= 11 is 0. The van der Waals surface area contributed by atoms with Crippen molar-refractivity contribution < 1.29 is 39.4 Å². The van der Waals surface area contributed by atoms with Crippen LogP contribution >= 0.6 is 0 Å². The lowest BCUT2D eigenvalue weighted by atomic mass is 10.1. The monoisotopic (exact) mass is 548 g/mol. The van der Waals surface area contributed by atoms with Crippen molar-refractivity contribution in [2.75, 3.05) is 5.32 Å². The Morgan fingerprint density at radius 1 is 0.921 bits per heavy atom. The van der Waals surface area contributed by atoms with Gasteiger partial charge in [0.1, 0.15) is 22.2 Å². The molecule has 4 aromatic rings. The molecule has 12 heteroatoms. The number of rotatable bonds is 8. The van der Waals surface area contributed by atoms with E-state index in [1.807, 2.05) is 0 Å². The number of nitrogens with zero attached hydrogens (tertiary/aromatic N) is 1. The van der Waals surface area contributed by atoms with Gasteiger partial charge in [0.25, 0.3) is 0 Å². The van der Waals surface area contributed by atoms with Crippen LogP contribution in [0, 0.1) is 5.82 Å². The third kappa shape index (κ3) is 6.71. The normalized spacial score (nSPS) is 11.7. The molecule has 0 atom stereocenters. The number of para-hydroxylation sites is 1. The Morgan fingerprint density at radius 2 is 1.66 bits per heavy atom. The van der Waals surface area contributed by atoms with Gasteiger partial charge < -0.3 is 18.8 Å². The van der Waals surface area contributed by atoms with Crippen LogP contribution in [0.2, 0.25) is 0 Å². The van der Waals surface area contributed by atoms with E-state index in [0.29, 0.717) is 11.3 Å². The molecule has 1 N–H and O–H groups in total. The molecule has 4 rings (SSSR count). The van der Waals surface area contributed by atoms with Crippen LogP contribution in [0.25, 0.3) is 0 Å². The molecule has 198 valence electrons. The predicted molar refractivity (Wildman–Crippen MR) is 129 cm³/mol. The number of hydrogen-bond acceptors (Lipinski definition) is 5. The zero-order valence-corrected chi connectivity index (χ0v) is 20.3. The highest BCUT2D eigenvalue weighted by Gasteiger charge is 2.34. The molecule has 0 saturated heterocycles. The van der Waals surface area contributed by atoms with Gasteiger partial charge in [0.15, 0.2) is 0 Å². The lowest BCUT2D eigenvalue weighted by Crippen LogP contribution is -2.34. The SMILES string of the molecule is O=C(Nc1ccccc1C(F)(F)F)N(Cc1cccc(OS(=O)(=O)c2ccc(F)cc2)c1)Cc1ccco1. The number of nitrogens with one attached hydrogen (secondary N) is 1. The first-order valence-electron chi connectivity index (χ1n) is 11.0. The van der Waals surface area contributed by atoms with Crippen LogP contribution in [-0.4, -0.2) is 19.3 Å². The second-order valence-electron chi connectivity index (χ2n) is 8.05. The Balaban J connectivity index is 1.56. The number of halogens is 4. The molecule has 0 bridgehead atoms. The highest BCUT2D eigenvalue weighted by molar-refractivity contribution is 7.87. The third-order valence-corrected chi connectivity index (χ3v) is 6.53. The Morgan fingerprint density at radius 3 is 2.34 bits per heavy atom. The maximum Gasteiger partial charge on any atom is 0.418 e. The average molecular weight is 549 g/mol. The van der Waals surface area contributed by atoms with E-state index < -0.39 is 39.4 Å². The molecule has 1 aromatic heterocycles. The Bertz CT molecular complexity index is 1510. The van der Waals surface area contributed by atoms with Gasteiger partial charge in [-0.1, -0.05) is 24.3 Å². The minimum absolute atomic E-state index is 0.0763. The number of carbonyl (C=O) groups is 1. The largest absolute Gasteiger partial charge is 0.467 e. The van der Waals surface area contributed by atoms with Crippen molar-refractivity contribution in [1.29, 1.82) is 0 Å². The molecule has 1 heterocycles. The van der Waals surface area contributed by atoms with Crippen molar-refractivity contribution in [1.82, 2.24) is 4.90 Å². The van der Waals surface area contributed by atoms with E-state index in [1.165, 1.54) is 41.5 Å². The van der Waals surface area contributed by atoms with Gasteiger partial charge in [-0.3, -0.25) is 0 Å². The second-order valence-corrected chi connectivity index (χ2v) is 9.59. The number of hydrogen-bond donors (Lipinski definition) is 1. The van der Waals surface area contributed by atoms with E-state index in [0.717, 1.165) is 36.4 Å². The molecule has 0 unspecified atom stereocenters. The molecule has 2 amide bonds. The molecule has 0 aliphatic heterocycles. The van der Waals surface area contributed by atoms with E-state index in [4.69, 9.17) is 8.60 Å². The lowest BCUT2D eigenvalue weighted by molar-refractivity contribution is -0.136. The summed E-state index contributed by atoms with van der Waals surface area (Å²) in [6, 6.07) is 16.8. The highest BCUT2D eigenvalue weighted by Crippen LogP contribution is 2.34. The second kappa shape index (κ2) is 11.0. The number of urea groups is 1. The molecule has 0 saturated carbocycles. The fraction of sp³-hybridized carbons (Fsp3) is 0.115. The van der Waals surface area contributed by atoms with Crippen molar-refractivity contribution in [3.8, 4) is 5.75 Å². The van der Waals surface area contributed by atoms with Crippen LogP contribution in [0.3, 0.4) is 0 Å². The number of anilines is 1. The zero-order chi connectivity index (χ0) is 27.3. The number of benzene rings is 3. The molecule has 0 spiro atoms. The first-order chi connectivity index (χ1) is 18.0. The molecule has 0 aliphatic carbocycles. The molecule has 0 aliphatic rings. The molecule has 7 nitrogen and oxygen atoms in total. The van der Waals surface area contributed by atoms with Gasteiger partial charge in [0.2, 0.25) is 0 Å². The van der Waals surface area contributed by atoms with Gasteiger partial charge in [-0.15, -0.1) is 0 Å². The van der Waals surface area contributed by atoms with Gasteiger partial charge in [-0.2, -0.15) is 21.6 Å². The number of amides is 2. The van der Waals surface area contributed by atoms with Crippen LogP contribution in [0.1, 0.15) is 16.9 Å². The van der Waals surface area contributed by atoms with Crippen molar-refractivity contribution in [3.05, 3.63) is 114 Å². The zero-order valence-electron chi connectivity index (χ0n) is 19.5. The fourth-order valence-corrected chi connectivity index (χ4v) is 4.44. The Labute approximate surface area is 215 Å². The van der Waals surface area contributed by atoms with E-state index in [2.05, 4.69) is 5.32 Å². The maximum atomic E-state index is 13.4. The van der Waals surface area contributed by atoms with Gasteiger partial charge in [-0.05, 0) is 66.2 Å². The molecule has 0 fully saturated rings. The van der Waals surface area contributed by atoms with Crippen LogP contribution in [0.5, 0.6) is 5.75 Å². The van der Waals surface area contributed by atoms with Gasteiger partial charge in [0, 0.05) is 6.54 Å². The standard InChI is InChI=1S/C26H20F4N2O5S/c27-19-10-12-22(13-11-19)38(34,35)37-20-6-3-5-18(15-20)16-32(17-21-7-4-14-36-21)25(33)31-24-9-2-1-8-23(24)26(28,29)30/h1-15H,16-17H2,(H,31,33). The lowest BCUT2D eigenvalue weighted by Gasteiger charge is -2.23. The molecule has 0 radical (unpaired) electrons. The minimum Gasteiger partial charge on any atom is -0.467 e. The Kier molecular flexibility index (Phi) is 7.72. The third-order valence-electron chi connectivity index (χ3n) is 5.27. The number of alkyl halides is 3. The van der Waals surface area contributed by atoms with E-state index >= 15 is 0 Å². The van der Waals surface area contributed by atoms with Gasteiger partial charge >= 0.3 is 22.3 Å². The average Bonchev–Trinajstić information content (AvgIpc) is 3.37. The molecular weight excluding hydrogens is 528 g/mol. The topological polar surface area (TPSA) is 88.9 Å². The summed E-state index contributed by atoms with van der Waals surface area (Å²) in [5, 5.41) is 2.30. The highest BCUT2D eigenvalue weighted by atomic mass is 32.2. The summed E-state index contributed by atoms with van der Waals surface area (Å²) in [6.45, 7) is -0.222. The molecule has 3 aromatic carbocycles. The van der Waals surface area contributed by atoms with E-state index in [-0.39, 0.29) is 23.7 Å². The van der Waals surface area contributed by atoms with E-state index in [1.54, 1.807) is 18.2 Å². The summed E-state index contributed by atoms with van der Waals surface area (Å²) in [5.41, 5.74) is -1.01. The number of furan rings is 1. The predicted octanol–water partition coefficient (Wildman–Crippen LogP) is 6.44. The van der Waals surface area contributed by atoms with Crippen molar-refractivity contribution in [3.63, 3.8) is 0 Å². The van der Waals surface area contributed by atoms with Crippen LogP contribution in [-0.2, 0) is 29.4 Å².